The van der Waals surface area contributed by atoms with Crippen molar-refractivity contribution < 1.29 is 14.1 Å². The molecule has 3 aliphatic carbocycles. The third-order valence-corrected chi connectivity index (χ3v) is 6.66. The van der Waals surface area contributed by atoms with E-state index in [9.17, 15) is 4.79 Å². The Kier molecular flexibility index (Phi) is 4.49. The molecule has 3 atom stereocenters. The SMILES string of the molecule is O=C1[C@@H]2CC[C@H]1C[C@@H](OCc1c(-c3c(Cl)cncc3Cl)noc1C1CC1)C2. The van der Waals surface area contributed by atoms with Gasteiger partial charge in [-0.2, -0.15) is 0 Å². The Bertz CT molecular complexity index is 857. The molecule has 3 fully saturated rings. The molecule has 0 amide bonds. The molecule has 0 N–H and O–H groups in total. The first kappa shape index (κ1) is 17.7. The van der Waals surface area contributed by atoms with E-state index in [0.29, 0.717) is 39.6 Å². The smallest absolute Gasteiger partial charge is 0.145 e. The van der Waals surface area contributed by atoms with Gasteiger partial charge in [0, 0.05) is 41.3 Å². The van der Waals surface area contributed by atoms with E-state index in [4.69, 9.17) is 32.5 Å². The van der Waals surface area contributed by atoms with Gasteiger partial charge in [0.1, 0.15) is 17.2 Å². The number of carbonyl (C=O) groups is 1. The highest BCUT2D eigenvalue weighted by Crippen LogP contribution is 2.46. The maximum absolute atomic E-state index is 12.1. The first-order valence-electron chi connectivity index (χ1n) is 9.55. The van der Waals surface area contributed by atoms with Crippen LogP contribution in [-0.2, 0) is 16.1 Å². The van der Waals surface area contributed by atoms with Crippen molar-refractivity contribution in [2.75, 3.05) is 0 Å². The van der Waals surface area contributed by atoms with E-state index < -0.39 is 0 Å². The zero-order valence-corrected chi connectivity index (χ0v) is 16.3. The number of nitrogens with zero attached hydrogens (tertiary/aromatic N) is 2. The summed E-state index contributed by atoms with van der Waals surface area (Å²) in [5, 5.41) is 5.17. The Morgan fingerprint density at radius 1 is 1.04 bits per heavy atom. The number of aromatic nitrogens is 2. The number of ether oxygens (including phenoxy) is 1. The summed E-state index contributed by atoms with van der Waals surface area (Å²) in [6, 6.07) is 0. The molecule has 3 aliphatic rings. The quantitative estimate of drug-likeness (QED) is 0.682. The Morgan fingerprint density at radius 3 is 2.30 bits per heavy atom. The van der Waals surface area contributed by atoms with Crippen molar-refractivity contribution in [2.45, 2.75) is 57.2 Å². The molecule has 0 spiro atoms. The van der Waals surface area contributed by atoms with Crippen LogP contribution < -0.4 is 0 Å². The van der Waals surface area contributed by atoms with Crippen LogP contribution in [0.2, 0.25) is 10.0 Å². The highest BCUT2D eigenvalue weighted by Gasteiger charge is 2.42. The van der Waals surface area contributed by atoms with Crippen LogP contribution >= 0.6 is 23.2 Å². The van der Waals surface area contributed by atoms with Gasteiger partial charge in [0.15, 0.2) is 0 Å². The van der Waals surface area contributed by atoms with E-state index in [1.54, 1.807) is 12.4 Å². The summed E-state index contributed by atoms with van der Waals surface area (Å²) in [6.07, 6.45) is 9.10. The van der Waals surface area contributed by atoms with Gasteiger partial charge in [0.05, 0.1) is 22.8 Å². The van der Waals surface area contributed by atoms with E-state index in [0.717, 1.165) is 49.8 Å². The lowest BCUT2D eigenvalue weighted by atomic mass is 9.86. The first-order chi connectivity index (χ1) is 13.1. The van der Waals surface area contributed by atoms with Gasteiger partial charge in [0.25, 0.3) is 0 Å². The van der Waals surface area contributed by atoms with Crippen molar-refractivity contribution in [3.8, 4) is 11.3 Å². The van der Waals surface area contributed by atoms with Crippen molar-refractivity contribution >= 4 is 29.0 Å². The Balaban J connectivity index is 1.42. The van der Waals surface area contributed by atoms with E-state index >= 15 is 0 Å². The molecule has 0 aromatic carbocycles. The summed E-state index contributed by atoms with van der Waals surface area (Å²) in [4.78, 5) is 16.1. The Labute approximate surface area is 167 Å². The van der Waals surface area contributed by atoms with Gasteiger partial charge < -0.3 is 9.26 Å². The minimum absolute atomic E-state index is 0.110. The number of Topliss-reactive ketones (excluding diaryl/α,β-unsaturated/α-hetero) is 1. The molecule has 0 saturated heterocycles. The third-order valence-electron chi connectivity index (χ3n) is 6.08. The van der Waals surface area contributed by atoms with Gasteiger partial charge >= 0.3 is 0 Å². The highest BCUT2D eigenvalue weighted by molar-refractivity contribution is 6.38. The molecule has 2 bridgehead atoms. The molecular formula is C20H20Cl2N2O3. The molecule has 2 heterocycles. The molecule has 0 unspecified atom stereocenters. The molecule has 5 nitrogen and oxygen atoms in total. The van der Waals surface area contributed by atoms with E-state index in [-0.39, 0.29) is 17.9 Å². The molecule has 0 aliphatic heterocycles. The fourth-order valence-corrected chi connectivity index (χ4v) is 5.06. The Morgan fingerprint density at radius 2 is 1.67 bits per heavy atom. The second-order valence-corrected chi connectivity index (χ2v) is 8.72. The van der Waals surface area contributed by atoms with Crippen molar-refractivity contribution in [2.24, 2.45) is 11.8 Å². The van der Waals surface area contributed by atoms with Crippen molar-refractivity contribution in [3.05, 3.63) is 33.8 Å². The third kappa shape index (κ3) is 3.20. The van der Waals surface area contributed by atoms with Gasteiger partial charge in [-0.1, -0.05) is 28.4 Å². The maximum Gasteiger partial charge on any atom is 0.145 e. The molecule has 2 aromatic heterocycles. The van der Waals surface area contributed by atoms with E-state index in [1.807, 2.05) is 0 Å². The summed E-state index contributed by atoms with van der Waals surface area (Å²) in [5.74, 6) is 2.08. The lowest BCUT2D eigenvalue weighted by Crippen LogP contribution is -2.30. The molecule has 5 rings (SSSR count). The molecular weight excluding hydrogens is 387 g/mol. The summed E-state index contributed by atoms with van der Waals surface area (Å²) >= 11 is 12.7. The van der Waals surface area contributed by atoms with Crippen LogP contribution in [0.5, 0.6) is 0 Å². The number of ketones is 1. The van der Waals surface area contributed by atoms with Gasteiger partial charge in [0.2, 0.25) is 0 Å². The predicted octanol–water partition coefficient (Wildman–Crippen LogP) is 5.20. The number of carbonyl (C=O) groups excluding carboxylic acids is 1. The van der Waals surface area contributed by atoms with E-state index in [2.05, 4.69) is 10.1 Å². The normalized spacial score (nSPS) is 27.3. The van der Waals surface area contributed by atoms with Crippen molar-refractivity contribution in [1.82, 2.24) is 10.1 Å². The van der Waals surface area contributed by atoms with Crippen molar-refractivity contribution in [1.29, 1.82) is 0 Å². The number of rotatable bonds is 5. The fourth-order valence-electron chi connectivity index (χ4n) is 4.52. The van der Waals surface area contributed by atoms with Gasteiger partial charge in [-0.3, -0.25) is 9.78 Å². The lowest BCUT2D eigenvalue weighted by Gasteiger charge is -2.26. The zero-order chi connectivity index (χ0) is 18.5. The highest BCUT2D eigenvalue weighted by atomic mass is 35.5. The number of hydrogen-bond donors (Lipinski definition) is 0. The monoisotopic (exact) mass is 406 g/mol. The number of fused-ring (bicyclic) bond motifs is 2. The largest absolute Gasteiger partial charge is 0.373 e. The maximum atomic E-state index is 12.1. The van der Waals surface area contributed by atoms with Gasteiger partial charge in [-0.25, -0.2) is 0 Å². The van der Waals surface area contributed by atoms with Crippen LogP contribution in [0.15, 0.2) is 16.9 Å². The molecule has 7 heteroatoms. The number of hydrogen-bond acceptors (Lipinski definition) is 5. The van der Waals surface area contributed by atoms with Crippen LogP contribution in [0.25, 0.3) is 11.3 Å². The number of pyridine rings is 1. The fraction of sp³-hybridized carbons (Fsp3) is 0.550. The second kappa shape index (κ2) is 6.87. The van der Waals surface area contributed by atoms with Crippen LogP contribution in [0, 0.1) is 11.8 Å². The topological polar surface area (TPSA) is 65.2 Å². The first-order valence-corrected chi connectivity index (χ1v) is 10.3. The van der Waals surface area contributed by atoms with Crippen LogP contribution in [-0.4, -0.2) is 22.0 Å². The molecule has 27 heavy (non-hydrogen) atoms. The van der Waals surface area contributed by atoms with E-state index in [1.165, 1.54) is 0 Å². The second-order valence-electron chi connectivity index (χ2n) is 7.90. The molecule has 2 aromatic rings. The van der Waals surface area contributed by atoms with Crippen molar-refractivity contribution in [3.63, 3.8) is 0 Å². The van der Waals surface area contributed by atoms with Gasteiger partial charge in [-0.15, -0.1) is 0 Å². The minimum atomic E-state index is 0.110. The average Bonchev–Trinajstić information content (AvgIpc) is 3.38. The Hall–Kier alpha value is -1.43. The lowest BCUT2D eigenvalue weighted by molar-refractivity contribution is -0.130. The van der Waals surface area contributed by atoms with Crippen LogP contribution in [0.4, 0.5) is 0 Å². The summed E-state index contributed by atoms with van der Waals surface area (Å²) in [6.45, 7) is 0.401. The molecule has 3 saturated carbocycles. The summed E-state index contributed by atoms with van der Waals surface area (Å²) in [7, 11) is 0. The van der Waals surface area contributed by atoms with Crippen LogP contribution in [0.1, 0.15) is 55.8 Å². The zero-order valence-electron chi connectivity index (χ0n) is 14.8. The van der Waals surface area contributed by atoms with Crippen LogP contribution in [0.3, 0.4) is 0 Å². The summed E-state index contributed by atoms with van der Waals surface area (Å²) < 4.78 is 11.9. The number of halogens is 2. The average molecular weight is 407 g/mol. The standard InChI is InChI=1S/C20H20Cl2N2O3/c21-15-7-23-8-16(22)17(15)18-14(20(27-24-18)10-1-2-10)9-26-13-5-11-3-4-12(6-13)19(11)25/h7-8,10-13H,1-6,9H2/t11-,12+,13+. The van der Waals surface area contributed by atoms with Gasteiger partial charge in [-0.05, 0) is 38.5 Å². The summed E-state index contributed by atoms with van der Waals surface area (Å²) in [5.41, 5.74) is 2.21. The minimum Gasteiger partial charge on any atom is -0.373 e. The molecule has 0 radical (unpaired) electrons. The predicted molar refractivity (Wildman–Crippen MR) is 101 cm³/mol. The molecule has 142 valence electrons.